The molecule has 2 N–H and O–H groups in total. The molecule has 2 nitrogen and oxygen atoms in total. The number of hydrogen-bond acceptors (Lipinski definition) is 3. The second-order valence-electron chi connectivity index (χ2n) is 3.69. The molecular weight excluding hydrogens is 331 g/mol. The molecule has 0 amide bonds. The van der Waals surface area contributed by atoms with Crippen LogP contribution in [0.3, 0.4) is 0 Å². The largest absolute Gasteiger partial charge is 0.324 e. The van der Waals surface area contributed by atoms with E-state index >= 15 is 0 Å². The Labute approximate surface area is 113 Å². The van der Waals surface area contributed by atoms with Crippen LogP contribution >= 0.6 is 33.9 Å². The van der Waals surface area contributed by atoms with Crippen molar-refractivity contribution in [3.05, 3.63) is 49.5 Å². The third kappa shape index (κ3) is 2.81. The maximum Gasteiger partial charge on any atom is 0.0897 e. The van der Waals surface area contributed by atoms with E-state index in [1.54, 1.807) is 11.3 Å². The average molecular weight is 344 g/mol. The van der Waals surface area contributed by atoms with Crippen molar-refractivity contribution in [2.24, 2.45) is 5.73 Å². The summed E-state index contributed by atoms with van der Waals surface area (Å²) in [4.78, 5) is 4.44. The Morgan fingerprint density at radius 3 is 2.81 bits per heavy atom. The van der Waals surface area contributed by atoms with E-state index < -0.39 is 0 Å². The topological polar surface area (TPSA) is 38.9 Å². The Hall–Kier alpha value is -0.460. The molecule has 1 unspecified atom stereocenters. The van der Waals surface area contributed by atoms with E-state index in [9.17, 15) is 0 Å². The molecule has 1 heterocycles. The Morgan fingerprint density at radius 2 is 2.19 bits per heavy atom. The minimum Gasteiger partial charge on any atom is -0.324 e. The van der Waals surface area contributed by atoms with Crippen LogP contribution in [0.1, 0.15) is 22.3 Å². The van der Waals surface area contributed by atoms with Crippen molar-refractivity contribution >= 4 is 33.9 Å². The van der Waals surface area contributed by atoms with Crippen molar-refractivity contribution in [3.63, 3.8) is 0 Å². The zero-order valence-electron chi connectivity index (χ0n) is 8.98. The van der Waals surface area contributed by atoms with Crippen LogP contribution in [0.15, 0.2) is 29.6 Å². The lowest BCUT2D eigenvalue weighted by Crippen LogP contribution is -2.14. The molecule has 1 atom stereocenters. The molecule has 2 aromatic rings. The molecule has 0 saturated carbocycles. The highest BCUT2D eigenvalue weighted by molar-refractivity contribution is 14.1. The lowest BCUT2D eigenvalue weighted by atomic mass is 10.0. The lowest BCUT2D eigenvalue weighted by molar-refractivity contribution is 0.705. The molecule has 4 heteroatoms. The fourth-order valence-electron chi connectivity index (χ4n) is 1.61. The lowest BCUT2D eigenvalue weighted by Gasteiger charge is -2.12. The van der Waals surface area contributed by atoms with Crippen LogP contribution in [0.25, 0.3) is 0 Å². The van der Waals surface area contributed by atoms with E-state index in [0.29, 0.717) is 0 Å². The van der Waals surface area contributed by atoms with E-state index in [1.165, 1.54) is 9.13 Å². The number of halogens is 1. The van der Waals surface area contributed by atoms with Crippen molar-refractivity contribution in [2.45, 2.75) is 19.4 Å². The third-order valence-corrected chi connectivity index (χ3v) is 4.21. The molecule has 1 aromatic heterocycles. The van der Waals surface area contributed by atoms with Crippen LogP contribution in [-0.2, 0) is 6.42 Å². The fraction of sp³-hybridized carbons (Fsp3) is 0.250. The first kappa shape index (κ1) is 12.0. The van der Waals surface area contributed by atoms with Crippen molar-refractivity contribution in [2.75, 3.05) is 0 Å². The van der Waals surface area contributed by atoms with Crippen molar-refractivity contribution in [1.29, 1.82) is 0 Å². The van der Waals surface area contributed by atoms with Gasteiger partial charge in [-0.1, -0.05) is 18.2 Å². The monoisotopic (exact) mass is 344 g/mol. The Kier molecular flexibility index (Phi) is 3.94. The zero-order valence-corrected chi connectivity index (χ0v) is 12.0. The van der Waals surface area contributed by atoms with Gasteiger partial charge in [-0.15, -0.1) is 11.3 Å². The van der Waals surface area contributed by atoms with Gasteiger partial charge in [0.1, 0.15) is 0 Å². The normalized spacial score (nSPS) is 12.7. The summed E-state index contributed by atoms with van der Waals surface area (Å²) in [6.07, 6.45) is 0.810. The fourth-order valence-corrected chi connectivity index (χ4v) is 3.03. The summed E-state index contributed by atoms with van der Waals surface area (Å²) in [5.41, 5.74) is 8.49. The maximum absolute atomic E-state index is 6.20. The average Bonchev–Trinajstić information content (AvgIpc) is 2.64. The highest BCUT2D eigenvalue weighted by atomic mass is 127. The number of nitrogens with zero attached hydrogens (tertiary/aromatic N) is 1. The van der Waals surface area contributed by atoms with E-state index in [-0.39, 0.29) is 6.04 Å². The van der Waals surface area contributed by atoms with Gasteiger partial charge in [-0.25, -0.2) is 4.98 Å². The third-order valence-electron chi connectivity index (χ3n) is 2.40. The molecule has 0 spiro atoms. The maximum atomic E-state index is 6.20. The number of nitrogens with two attached hydrogens (primary N) is 1. The van der Waals surface area contributed by atoms with Gasteiger partial charge in [0.2, 0.25) is 0 Å². The first-order valence-electron chi connectivity index (χ1n) is 5.08. The summed E-state index contributed by atoms with van der Waals surface area (Å²) < 4.78 is 1.22. The smallest absolute Gasteiger partial charge is 0.0897 e. The minimum absolute atomic E-state index is 0.0367. The molecule has 0 bridgehead atoms. The van der Waals surface area contributed by atoms with E-state index in [4.69, 9.17) is 5.73 Å². The predicted octanol–water partition coefficient (Wildman–Crippen LogP) is 3.30. The van der Waals surface area contributed by atoms with Gasteiger partial charge in [0.05, 0.1) is 10.7 Å². The Bertz CT molecular complexity index is 481. The second kappa shape index (κ2) is 5.25. The highest BCUT2D eigenvalue weighted by Gasteiger charge is 2.11. The molecule has 0 aliphatic rings. The molecule has 84 valence electrons. The molecular formula is C12H13IN2S. The minimum atomic E-state index is 0.0367. The summed E-state index contributed by atoms with van der Waals surface area (Å²) >= 11 is 4.00. The van der Waals surface area contributed by atoms with Crippen molar-refractivity contribution in [3.8, 4) is 0 Å². The summed E-state index contributed by atoms with van der Waals surface area (Å²) in [5.74, 6) is 0. The van der Waals surface area contributed by atoms with Gasteiger partial charge in [0.15, 0.2) is 0 Å². The van der Waals surface area contributed by atoms with Gasteiger partial charge in [-0.2, -0.15) is 0 Å². The molecule has 0 radical (unpaired) electrons. The molecule has 2 rings (SSSR count). The molecule has 0 aliphatic carbocycles. The van der Waals surface area contributed by atoms with E-state index in [1.807, 2.05) is 19.1 Å². The molecule has 0 aliphatic heterocycles. The number of thiazole rings is 1. The van der Waals surface area contributed by atoms with Gasteiger partial charge in [-0.3, -0.25) is 0 Å². The van der Waals surface area contributed by atoms with Crippen LogP contribution in [0, 0.1) is 10.5 Å². The van der Waals surface area contributed by atoms with Gasteiger partial charge in [0, 0.05) is 21.4 Å². The number of hydrogen-bond donors (Lipinski definition) is 1. The van der Waals surface area contributed by atoms with Gasteiger partial charge >= 0.3 is 0 Å². The summed E-state index contributed by atoms with van der Waals surface area (Å²) in [6.45, 7) is 2.02. The first-order valence-corrected chi connectivity index (χ1v) is 7.03. The van der Waals surface area contributed by atoms with E-state index in [2.05, 4.69) is 45.1 Å². The molecule has 16 heavy (non-hydrogen) atoms. The van der Waals surface area contributed by atoms with Crippen molar-refractivity contribution in [1.82, 2.24) is 4.98 Å². The summed E-state index contributed by atoms with van der Waals surface area (Å²) in [7, 11) is 0. The van der Waals surface area contributed by atoms with Crippen LogP contribution in [0.2, 0.25) is 0 Å². The standard InChI is InChI=1S/C12H13IN2S/c1-8-15-9(7-16-8)6-12(14)10-4-2-3-5-11(10)13/h2-5,7,12H,6,14H2,1H3. The number of benzene rings is 1. The zero-order chi connectivity index (χ0) is 11.5. The quantitative estimate of drug-likeness (QED) is 0.868. The number of aryl methyl sites for hydroxylation is 1. The summed E-state index contributed by atoms with van der Waals surface area (Å²) in [6, 6.07) is 8.28. The van der Waals surface area contributed by atoms with Gasteiger partial charge < -0.3 is 5.73 Å². The number of rotatable bonds is 3. The van der Waals surface area contributed by atoms with Crippen LogP contribution < -0.4 is 5.73 Å². The predicted molar refractivity (Wildman–Crippen MR) is 76.6 cm³/mol. The Morgan fingerprint density at radius 1 is 1.44 bits per heavy atom. The van der Waals surface area contributed by atoms with Crippen molar-refractivity contribution < 1.29 is 0 Å². The first-order chi connectivity index (χ1) is 7.66. The SMILES string of the molecule is Cc1nc(CC(N)c2ccccc2I)cs1. The number of aromatic nitrogens is 1. The van der Waals surface area contributed by atoms with E-state index in [0.717, 1.165) is 17.1 Å². The second-order valence-corrected chi connectivity index (χ2v) is 5.91. The molecule has 0 fully saturated rings. The van der Waals surface area contributed by atoms with Crippen LogP contribution in [-0.4, -0.2) is 4.98 Å². The van der Waals surface area contributed by atoms with Gasteiger partial charge in [0.25, 0.3) is 0 Å². The van der Waals surface area contributed by atoms with Crippen LogP contribution in [0.5, 0.6) is 0 Å². The molecule has 0 saturated heterocycles. The highest BCUT2D eigenvalue weighted by Crippen LogP contribution is 2.21. The van der Waals surface area contributed by atoms with Gasteiger partial charge in [-0.05, 0) is 41.1 Å². The van der Waals surface area contributed by atoms with Crippen LogP contribution in [0.4, 0.5) is 0 Å². The Balaban J connectivity index is 2.14. The summed E-state index contributed by atoms with van der Waals surface area (Å²) in [5, 5.41) is 3.19. The molecule has 1 aromatic carbocycles.